The first kappa shape index (κ1) is 24.8. The summed E-state index contributed by atoms with van der Waals surface area (Å²) in [6, 6.07) is 4.85. The monoisotopic (exact) mass is 453 g/mol. The molecule has 0 heterocycles. The van der Waals surface area contributed by atoms with Crippen molar-refractivity contribution in [1.29, 1.82) is 0 Å². The van der Waals surface area contributed by atoms with Crippen molar-refractivity contribution < 1.29 is 27.5 Å². The van der Waals surface area contributed by atoms with E-state index in [-0.39, 0.29) is 28.3 Å². The minimum atomic E-state index is -3.72. The minimum absolute atomic E-state index is 0.00395. The van der Waals surface area contributed by atoms with Crippen molar-refractivity contribution in [2.24, 2.45) is 5.92 Å². The van der Waals surface area contributed by atoms with Crippen LogP contribution >= 0.6 is 0 Å². The van der Waals surface area contributed by atoms with Crippen molar-refractivity contribution in [3.8, 4) is 0 Å². The molecule has 0 spiro atoms. The van der Waals surface area contributed by atoms with Crippen LogP contribution < -0.4 is 10.6 Å². The number of hydrogen-bond acceptors (Lipinski definition) is 6. The number of nitrogens with zero attached hydrogens (tertiary/aromatic N) is 1. The van der Waals surface area contributed by atoms with Gasteiger partial charge in [0.1, 0.15) is 6.04 Å². The molecule has 1 atom stereocenters. The molecule has 1 saturated carbocycles. The molecular weight excluding hydrogens is 422 g/mol. The number of carbonyl (C=O) groups is 3. The number of nitrogens with one attached hydrogen (secondary N) is 2. The van der Waals surface area contributed by atoms with Gasteiger partial charge in [-0.3, -0.25) is 9.59 Å². The van der Waals surface area contributed by atoms with Crippen LogP contribution in [0.4, 0.5) is 0 Å². The van der Waals surface area contributed by atoms with E-state index in [9.17, 15) is 22.8 Å². The van der Waals surface area contributed by atoms with Gasteiger partial charge in [0.05, 0.1) is 4.90 Å². The molecule has 0 aromatic heterocycles. The average molecular weight is 454 g/mol. The Kier molecular flexibility index (Phi) is 8.58. The van der Waals surface area contributed by atoms with E-state index in [1.165, 1.54) is 28.6 Å². The standard InChI is InChI=1S/C21H31N3O6S/c1-5-24(6-2)31(28,29)17-9-7-8-15(12-17)20(26)23-19(14(3)4)21(27)30-13-18(25)22-16-10-11-16/h7-9,12,14,16,19H,5-6,10-11,13H2,1-4H3,(H,22,25)(H,23,26)/t19-/m0/s1. The summed E-state index contributed by atoms with van der Waals surface area (Å²) < 4.78 is 31.8. The Morgan fingerprint density at radius 3 is 2.35 bits per heavy atom. The number of amides is 2. The second-order valence-electron chi connectivity index (χ2n) is 7.76. The number of sulfonamides is 1. The first-order valence-corrected chi connectivity index (χ1v) is 11.9. The van der Waals surface area contributed by atoms with Crippen molar-refractivity contribution in [3.05, 3.63) is 29.8 Å². The van der Waals surface area contributed by atoms with Crippen LogP contribution in [-0.2, 0) is 24.3 Å². The van der Waals surface area contributed by atoms with E-state index in [4.69, 9.17) is 4.74 Å². The van der Waals surface area contributed by atoms with Gasteiger partial charge in [0, 0.05) is 24.7 Å². The smallest absolute Gasteiger partial charge is 0.329 e. The zero-order valence-electron chi connectivity index (χ0n) is 18.4. The predicted molar refractivity (Wildman–Crippen MR) is 115 cm³/mol. The average Bonchev–Trinajstić information content (AvgIpc) is 3.54. The van der Waals surface area contributed by atoms with E-state index in [1.807, 2.05) is 0 Å². The molecule has 31 heavy (non-hydrogen) atoms. The molecular formula is C21H31N3O6S. The van der Waals surface area contributed by atoms with E-state index >= 15 is 0 Å². The summed E-state index contributed by atoms with van der Waals surface area (Å²) in [5.41, 5.74) is 0.109. The Bertz CT molecular complexity index is 907. The molecule has 2 rings (SSSR count). The molecule has 1 fully saturated rings. The quantitative estimate of drug-likeness (QED) is 0.487. The highest BCUT2D eigenvalue weighted by atomic mass is 32.2. The summed E-state index contributed by atoms with van der Waals surface area (Å²) in [4.78, 5) is 36.9. The van der Waals surface area contributed by atoms with Crippen molar-refractivity contribution in [3.63, 3.8) is 0 Å². The Morgan fingerprint density at radius 1 is 1.16 bits per heavy atom. The van der Waals surface area contributed by atoms with E-state index in [0.717, 1.165) is 12.8 Å². The van der Waals surface area contributed by atoms with Gasteiger partial charge in [0.15, 0.2) is 6.61 Å². The summed E-state index contributed by atoms with van der Waals surface area (Å²) in [5, 5.41) is 5.31. The zero-order valence-corrected chi connectivity index (χ0v) is 19.2. The third-order valence-corrected chi connectivity index (χ3v) is 6.98. The van der Waals surface area contributed by atoms with Crippen molar-refractivity contribution in [2.75, 3.05) is 19.7 Å². The minimum Gasteiger partial charge on any atom is -0.454 e. The first-order valence-electron chi connectivity index (χ1n) is 10.5. The molecule has 2 N–H and O–H groups in total. The lowest BCUT2D eigenvalue weighted by Crippen LogP contribution is -2.46. The summed E-state index contributed by atoms with van der Waals surface area (Å²) in [6.45, 7) is 7.15. The van der Waals surface area contributed by atoms with Crippen LogP contribution in [0.1, 0.15) is 50.9 Å². The lowest BCUT2D eigenvalue weighted by Gasteiger charge is -2.21. The number of carbonyl (C=O) groups excluding carboxylic acids is 3. The summed E-state index contributed by atoms with van der Waals surface area (Å²) >= 11 is 0. The van der Waals surface area contributed by atoms with Gasteiger partial charge < -0.3 is 15.4 Å². The third kappa shape index (κ3) is 6.76. The van der Waals surface area contributed by atoms with Crippen LogP contribution in [0, 0.1) is 5.92 Å². The van der Waals surface area contributed by atoms with E-state index in [1.54, 1.807) is 27.7 Å². The van der Waals surface area contributed by atoms with Gasteiger partial charge >= 0.3 is 5.97 Å². The summed E-state index contributed by atoms with van der Waals surface area (Å²) in [5.74, 6) is -2.00. The Hall–Kier alpha value is -2.46. The van der Waals surface area contributed by atoms with Gasteiger partial charge in [-0.2, -0.15) is 4.31 Å². The fourth-order valence-corrected chi connectivity index (χ4v) is 4.46. The number of hydrogen-bond donors (Lipinski definition) is 2. The number of esters is 1. The second-order valence-corrected chi connectivity index (χ2v) is 9.70. The number of ether oxygens (including phenoxy) is 1. The molecule has 1 aromatic carbocycles. The molecule has 1 aliphatic rings. The first-order chi connectivity index (χ1) is 14.6. The van der Waals surface area contributed by atoms with Gasteiger partial charge in [-0.25, -0.2) is 13.2 Å². The molecule has 2 amide bonds. The van der Waals surface area contributed by atoms with Crippen molar-refractivity contribution in [1.82, 2.24) is 14.9 Å². The normalized spacial score (nSPS) is 14.9. The molecule has 1 aromatic rings. The largest absolute Gasteiger partial charge is 0.454 e. The Labute approximate surface area is 183 Å². The molecule has 0 aliphatic heterocycles. The topological polar surface area (TPSA) is 122 Å². The van der Waals surface area contributed by atoms with Gasteiger partial charge in [0.2, 0.25) is 10.0 Å². The maximum atomic E-state index is 12.7. The maximum absolute atomic E-state index is 12.7. The Balaban J connectivity index is 2.08. The highest BCUT2D eigenvalue weighted by molar-refractivity contribution is 7.89. The van der Waals surface area contributed by atoms with Crippen LogP contribution in [0.5, 0.6) is 0 Å². The molecule has 0 radical (unpaired) electrons. The highest BCUT2D eigenvalue weighted by Gasteiger charge is 2.29. The van der Waals surface area contributed by atoms with Gasteiger partial charge in [-0.1, -0.05) is 33.8 Å². The summed E-state index contributed by atoms with van der Waals surface area (Å²) in [7, 11) is -3.72. The molecule has 172 valence electrons. The maximum Gasteiger partial charge on any atom is 0.329 e. The van der Waals surface area contributed by atoms with Crippen molar-refractivity contribution in [2.45, 2.75) is 57.5 Å². The van der Waals surface area contributed by atoms with E-state index in [0.29, 0.717) is 13.1 Å². The SMILES string of the molecule is CCN(CC)S(=O)(=O)c1cccc(C(=O)N[C@H](C(=O)OCC(=O)NC2CC2)C(C)C)c1. The molecule has 0 unspecified atom stereocenters. The van der Waals surface area contributed by atoms with Crippen LogP contribution in [-0.4, -0.2) is 62.3 Å². The number of rotatable bonds is 11. The molecule has 0 bridgehead atoms. The molecule has 1 aliphatic carbocycles. The molecule has 9 nitrogen and oxygen atoms in total. The second kappa shape index (κ2) is 10.7. The van der Waals surface area contributed by atoms with Crippen molar-refractivity contribution >= 4 is 27.8 Å². The van der Waals surface area contributed by atoms with E-state index in [2.05, 4.69) is 10.6 Å². The van der Waals surface area contributed by atoms with Crippen LogP contribution in [0.25, 0.3) is 0 Å². The lowest BCUT2D eigenvalue weighted by molar-refractivity contribution is -0.151. The van der Waals surface area contributed by atoms with Crippen LogP contribution in [0.2, 0.25) is 0 Å². The predicted octanol–water partition coefficient (Wildman–Crippen LogP) is 1.29. The van der Waals surface area contributed by atoms with Gasteiger partial charge in [-0.05, 0) is 37.0 Å². The van der Waals surface area contributed by atoms with Crippen LogP contribution in [0.15, 0.2) is 29.2 Å². The summed E-state index contributed by atoms with van der Waals surface area (Å²) in [6.07, 6.45) is 1.85. The van der Waals surface area contributed by atoms with E-state index < -0.39 is 34.5 Å². The third-order valence-electron chi connectivity index (χ3n) is 4.93. The molecule has 10 heteroatoms. The fraction of sp³-hybridized carbons (Fsp3) is 0.571. The highest BCUT2D eigenvalue weighted by Crippen LogP contribution is 2.19. The molecule has 0 saturated heterocycles. The van der Waals surface area contributed by atoms with Gasteiger partial charge in [0.25, 0.3) is 11.8 Å². The van der Waals surface area contributed by atoms with Gasteiger partial charge in [-0.15, -0.1) is 0 Å². The zero-order chi connectivity index (χ0) is 23.2. The lowest BCUT2D eigenvalue weighted by atomic mass is 10.0. The Morgan fingerprint density at radius 2 is 1.81 bits per heavy atom. The van der Waals surface area contributed by atoms with Crippen LogP contribution in [0.3, 0.4) is 0 Å². The number of benzene rings is 1. The fourth-order valence-electron chi connectivity index (χ4n) is 2.96.